The van der Waals surface area contributed by atoms with Gasteiger partial charge in [0, 0.05) is 24.0 Å². The molecular formula is C18H20N4O3S. The quantitative estimate of drug-likeness (QED) is 0.805. The van der Waals surface area contributed by atoms with E-state index in [1.807, 2.05) is 31.2 Å². The molecule has 1 fully saturated rings. The molecule has 1 aromatic heterocycles. The summed E-state index contributed by atoms with van der Waals surface area (Å²) < 4.78 is 0. The minimum atomic E-state index is -0.472. The lowest BCUT2D eigenvalue weighted by Gasteiger charge is -2.19. The summed E-state index contributed by atoms with van der Waals surface area (Å²) in [5.74, 6) is -1.20. The predicted molar refractivity (Wildman–Crippen MR) is 99.9 cm³/mol. The van der Waals surface area contributed by atoms with Crippen LogP contribution in [0.4, 0.5) is 10.8 Å². The molecule has 3 amide bonds. The third kappa shape index (κ3) is 3.91. The van der Waals surface area contributed by atoms with Gasteiger partial charge in [-0.2, -0.15) is 0 Å². The normalized spacial score (nSPS) is 16.7. The van der Waals surface area contributed by atoms with E-state index >= 15 is 0 Å². The van der Waals surface area contributed by atoms with Crippen LogP contribution in [0.25, 0.3) is 0 Å². The van der Waals surface area contributed by atoms with E-state index in [9.17, 15) is 14.4 Å². The van der Waals surface area contributed by atoms with Crippen LogP contribution in [0.15, 0.2) is 29.6 Å². The highest BCUT2D eigenvalue weighted by Crippen LogP contribution is 2.29. The van der Waals surface area contributed by atoms with Gasteiger partial charge in [0.2, 0.25) is 17.7 Å². The number of nitrogens with one attached hydrogen (secondary N) is 1. The van der Waals surface area contributed by atoms with E-state index in [1.165, 1.54) is 11.3 Å². The molecular weight excluding hydrogens is 352 g/mol. The number of carbonyl (C=O) groups excluding carboxylic acids is 3. The summed E-state index contributed by atoms with van der Waals surface area (Å²) in [7, 11) is 0. The predicted octanol–water partition coefficient (Wildman–Crippen LogP) is 1.72. The molecule has 0 bridgehead atoms. The molecule has 1 saturated heterocycles. The first-order valence-electron chi connectivity index (χ1n) is 8.39. The number of nitrogens with two attached hydrogens (primary N) is 1. The van der Waals surface area contributed by atoms with E-state index in [2.05, 4.69) is 10.3 Å². The average Bonchev–Trinajstić information content (AvgIpc) is 3.20. The van der Waals surface area contributed by atoms with Gasteiger partial charge in [0.05, 0.1) is 18.0 Å². The summed E-state index contributed by atoms with van der Waals surface area (Å²) in [5.41, 5.74) is 7.62. The van der Waals surface area contributed by atoms with Crippen LogP contribution >= 0.6 is 11.3 Å². The zero-order valence-corrected chi connectivity index (χ0v) is 15.2. The molecule has 136 valence electrons. The number of nitrogens with zero attached hydrogens (tertiary/aromatic N) is 2. The van der Waals surface area contributed by atoms with Crippen molar-refractivity contribution in [2.75, 3.05) is 16.8 Å². The summed E-state index contributed by atoms with van der Waals surface area (Å²) in [6, 6.07) is 7.74. The Morgan fingerprint density at radius 2 is 2.15 bits per heavy atom. The number of benzene rings is 1. The van der Waals surface area contributed by atoms with Crippen molar-refractivity contribution in [3.05, 3.63) is 40.9 Å². The number of para-hydroxylation sites is 1. The van der Waals surface area contributed by atoms with Crippen molar-refractivity contribution in [2.45, 2.75) is 26.2 Å². The molecule has 3 rings (SSSR count). The van der Waals surface area contributed by atoms with E-state index in [-0.39, 0.29) is 24.7 Å². The molecule has 1 aromatic carbocycles. The lowest BCUT2D eigenvalue weighted by atomic mass is 10.1. The largest absolute Gasteiger partial charge is 0.369 e. The van der Waals surface area contributed by atoms with Gasteiger partial charge in [-0.3, -0.25) is 14.4 Å². The van der Waals surface area contributed by atoms with Crippen molar-refractivity contribution in [3.8, 4) is 0 Å². The van der Waals surface area contributed by atoms with Gasteiger partial charge >= 0.3 is 0 Å². The lowest BCUT2D eigenvalue weighted by molar-refractivity contribution is -0.122. The Hall–Kier alpha value is -2.74. The Bertz CT molecular complexity index is 848. The number of carbonyl (C=O) groups is 3. The van der Waals surface area contributed by atoms with Crippen molar-refractivity contribution in [3.63, 3.8) is 0 Å². The maximum Gasteiger partial charge on any atom is 0.231 e. The highest BCUT2D eigenvalue weighted by Gasteiger charge is 2.36. The van der Waals surface area contributed by atoms with Gasteiger partial charge in [0.15, 0.2) is 5.13 Å². The smallest absolute Gasteiger partial charge is 0.231 e. The molecule has 0 saturated carbocycles. The van der Waals surface area contributed by atoms with Crippen molar-refractivity contribution in [1.29, 1.82) is 0 Å². The first-order valence-corrected chi connectivity index (χ1v) is 9.27. The van der Waals surface area contributed by atoms with E-state index < -0.39 is 11.8 Å². The van der Waals surface area contributed by atoms with Crippen molar-refractivity contribution in [1.82, 2.24) is 4.98 Å². The van der Waals surface area contributed by atoms with Gasteiger partial charge in [0.25, 0.3) is 0 Å². The Balaban J connectivity index is 1.67. The molecule has 2 heterocycles. The number of amides is 3. The fraction of sp³-hybridized carbons (Fsp3) is 0.333. The standard InChI is InChI=1S/C18H20N4O3S/c1-2-11-5-3-4-6-14(11)22-9-12(7-16(22)24)17(25)21-18-20-13(10-26-18)8-15(19)23/h3-6,10,12H,2,7-9H2,1H3,(H2,19,23)(H,20,21,25)/t12-/m0/s1. The highest BCUT2D eigenvalue weighted by molar-refractivity contribution is 7.13. The second-order valence-electron chi connectivity index (χ2n) is 6.16. The molecule has 3 N–H and O–H groups in total. The minimum Gasteiger partial charge on any atom is -0.369 e. The average molecular weight is 372 g/mol. The van der Waals surface area contributed by atoms with Crippen LogP contribution in [-0.2, 0) is 27.2 Å². The Labute approximate surface area is 155 Å². The molecule has 1 atom stereocenters. The van der Waals surface area contributed by atoms with Crippen LogP contribution in [0, 0.1) is 5.92 Å². The molecule has 8 heteroatoms. The van der Waals surface area contributed by atoms with E-state index in [0.29, 0.717) is 17.4 Å². The maximum atomic E-state index is 12.5. The number of thiazole rings is 1. The van der Waals surface area contributed by atoms with Crippen LogP contribution in [0.3, 0.4) is 0 Å². The van der Waals surface area contributed by atoms with E-state index in [1.54, 1.807) is 10.3 Å². The van der Waals surface area contributed by atoms with E-state index in [4.69, 9.17) is 5.73 Å². The first kappa shape index (κ1) is 18.1. The second-order valence-corrected chi connectivity index (χ2v) is 7.02. The van der Waals surface area contributed by atoms with Crippen LogP contribution in [-0.4, -0.2) is 29.3 Å². The third-order valence-corrected chi connectivity index (χ3v) is 5.10. The highest BCUT2D eigenvalue weighted by atomic mass is 32.1. The number of aromatic nitrogens is 1. The van der Waals surface area contributed by atoms with Gasteiger partial charge < -0.3 is 16.0 Å². The fourth-order valence-corrected chi connectivity index (χ4v) is 3.73. The molecule has 0 spiro atoms. The number of hydrogen-bond acceptors (Lipinski definition) is 5. The molecule has 0 radical (unpaired) electrons. The Morgan fingerprint density at radius 1 is 1.38 bits per heavy atom. The number of anilines is 2. The molecule has 1 aliphatic rings. The Morgan fingerprint density at radius 3 is 2.88 bits per heavy atom. The third-order valence-electron chi connectivity index (χ3n) is 4.30. The van der Waals surface area contributed by atoms with Gasteiger partial charge in [0.1, 0.15) is 0 Å². The summed E-state index contributed by atoms with van der Waals surface area (Å²) in [6.07, 6.45) is 1.03. The molecule has 26 heavy (non-hydrogen) atoms. The zero-order valence-electron chi connectivity index (χ0n) is 14.4. The second kappa shape index (κ2) is 7.65. The molecule has 0 unspecified atom stereocenters. The summed E-state index contributed by atoms with van der Waals surface area (Å²) >= 11 is 1.23. The van der Waals surface area contributed by atoms with Gasteiger partial charge in [-0.15, -0.1) is 11.3 Å². The van der Waals surface area contributed by atoms with Crippen molar-refractivity contribution < 1.29 is 14.4 Å². The fourth-order valence-electron chi connectivity index (χ4n) is 3.02. The van der Waals surface area contributed by atoms with Gasteiger partial charge in [-0.05, 0) is 18.1 Å². The number of rotatable bonds is 6. The lowest BCUT2D eigenvalue weighted by Crippen LogP contribution is -2.28. The van der Waals surface area contributed by atoms with Crippen molar-refractivity contribution in [2.24, 2.45) is 11.7 Å². The minimum absolute atomic E-state index is 0.0376. The topological polar surface area (TPSA) is 105 Å². The first-order chi connectivity index (χ1) is 12.5. The zero-order chi connectivity index (χ0) is 18.7. The van der Waals surface area contributed by atoms with E-state index in [0.717, 1.165) is 17.7 Å². The maximum absolute atomic E-state index is 12.5. The molecule has 1 aliphatic heterocycles. The van der Waals surface area contributed by atoms with Crippen LogP contribution < -0.4 is 16.0 Å². The SMILES string of the molecule is CCc1ccccc1N1C[C@@H](C(=O)Nc2nc(CC(N)=O)cs2)CC1=O. The van der Waals surface area contributed by atoms with Crippen LogP contribution in [0.5, 0.6) is 0 Å². The number of hydrogen-bond donors (Lipinski definition) is 2. The number of primary amides is 1. The summed E-state index contributed by atoms with van der Waals surface area (Å²) in [4.78, 5) is 41.7. The molecule has 7 nitrogen and oxygen atoms in total. The monoisotopic (exact) mass is 372 g/mol. The van der Waals surface area contributed by atoms with Gasteiger partial charge in [-0.1, -0.05) is 25.1 Å². The molecule has 0 aliphatic carbocycles. The number of aryl methyl sites for hydroxylation is 1. The summed E-state index contributed by atoms with van der Waals surface area (Å²) in [6.45, 7) is 2.39. The summed E-state index contributed by atoms with van der Waals surface area (Å²) in [5, 5.41) is 4.83. The Kier molecular flexibility index (Phi) is 5.32. The van der Waals surface area contributed by atoms with Gasteiger partial charge in [-0.25, -0.2) is 4.98 Å². The van der Waals surface area contributed by atoms with Crippen LogP contribution in [0.1, 0.15) is 24.6 Å². The molecule has 2 aromatic rings. The van der Waals surface area contributed by atoms with Crippen molar-refractivity contribution >= 4 is 39.9 Å². The van der Waals surface area contributed by atoms with Crippen LogP contribution in [0.2, 0.25) is 0 Å².